The summed E-state index contributed by atoms with van der Waals surface area (Å²) >= 11 is 6.06. The van der Waals surface area contributed by atoms with E-state index in [-0.39, 0.29) is 17.9 Å². The summed E-state index contributed by atoms with van der Waals surface area (Å²) in [5.74, 6) is 1.20. The number of halogens is 1. The number of imidazole rings is 1. The molecule has 0 unspecified atom stereocenters. The number of aryl methyl sites for hydroxylation is 2. The van der Waals surface area contributed by atoms with Gasteiger partial charge in [-0.1, -0.05) is 25.4 Å². The number of anilines is 1. The van der Waals surface area contributed by atoms with Crippen molar-refractivity contribution >= 4 is 23.2 Å². The Bertz CT molecular complexity index is 1050. The Labute approximate surface area is 182 Å². The lowest BCUT2D eigenvalue weighted by atomic mass is 10.1. The van der Waals surface area contributed by atoms with E-state index in [1.54, 1.807) is 0 Å². The predicted molar refractivity (Wildman–Crippen MR) is 120 cm³/mol. The summed E-state index contributed by atoms with van der Waals surface area (Å²) in [5.41, 5.74) is 3.81. The molecule has 158 valence electrons. The number of amides is 1. The van der Waals surface area contributed by atoms with E-state index in [0.717, 1.165) is 47.8 Å². The van der Waals surface area contributed by atoms with E-state index in [0.29, 0.717) is 11.6 Å². The summed E-state index contributed by atoms with van der Waals surface area (Å²) in [5, 5.41) is 5.35. The van der Waals surface area contributed by atoms with E-state index in [9.17, 15) is 4.79 Å². The van der Waals surface area contributed by atoms with E-state index in [1.165, 1.54) is 0 Å². The molecule has 6 nitrogen and oxygen atoms in total. The van der Waals surface area contributed by atoms with Gasteiger partial charge in [0.25, 0.3) is 0 Å². The van der Waals surface area contributed by atoms with Crippen LogP contribution in [0.3, 0.4) is 0 Å². The van der Waals surface area contributed by atoms with Crippen molar-refractivity contribution in [2.75, 3.05) is 11.4 Å². The Morgan fingerprint density at radius 1 is 1.13 bits per heavy atom. The third kappa shape index (κ3) is 3.76. The lowest BCUT2D eigenvalue weighted by Gasteiger charge is -2.26. The molecular formula is C23H28ClN5O. The maximum atomic E-state index is 13.7. The number of rotatable bonds is 4. The van der Waals surface area contributed by atoms with Crippen molar-refractivity contribution in [2.24, 2.45) is 0 Å². The van der Waals surface area contributed by atoms with Gasteiger partial charge in [-0.2, -0.15) is 5.10 Å². The van der Waals surface area contributed by atoms with Gasteiger partial charge in [0.1, 0.15) is 11.9 Å². The predicted octanol–water partition coefficient (Wildman–Crippen LogP) is 5.22. The third-order valence-corrected chi connectivity index (χ3v) is 5.98. The third-order valence-electron chi connectivity index (χ3n) is 5.73. The van der Waals surface area contributed by atoms with Crippen molar-refractivity contribution in [2.45, 2.75) is 58.9 Å². The first kappa shape index (κ1) is 20.7. The summed E-state index contributed by atoms with van der Waals surface area (Å²) in [6.45, 7) is 8.91. The fraction of sp³-hybridized carbons (Fsp3) is 0.435. The molecule has 0 N–H and O–H groups in total. The number of nitrogens with zero attached hydrogens (tertiary/aromatic N) is 5. The Morgan fingerprint density at radius 2 is 1.87 bits per heavy atom. The van der Waals surface area contributed by atoms with E-state index in [1.807, 2.05) is 64.7 Å². The summed E-state index contributed by atoms with van der Waals surface area (Å²) in [4.78, 5) is 20.1. The van der Waals surface area contributed by atoms with E-state index >= 15 is 0 Å². The van der Waals surface area contributed by atoms with Crippen LogP contribution in [0.25, 0.3) is 5.69 Å². The quantitative estimate of drug-likeness (QED) is 0.575. The molecular weight excluding hydrogens is 398 g/mol. The molecule has 1 aliphatic heterocycles. The van der Waals surface area contributed by atoms with Crippen LogP contribution in [0.5, 0.6) is 0 Å². The lowest BCUT2D eigenvalue weighted by Crippen LogP contribution is -2.37. The smallest absolute Gasteiger partial charge is 0.250 e. The highest BCUT2D eigenvalue weighted by atomic mass is 35.5. The topological polar surface area (TPSA) is 56.0 Å². The van der Waals surface area contributed by atoms with Crippen LogP contribution in [-0.4, -0.2) is 31.8 Å². The number of benzene rings is 1. The molecule has 0 radical (unpaired) electrons. The van der Waals surface area contributed by atoms with Gasteiger partial charge in [-0.3, -0.25) is 4.79 Å². The Morgan fingerprint density at radius 3 is 2.50 bits per heavy atom. The zero-order valence-electron chi connectivity index (χ0n) is 18.0. The molecule has 1 fully saturated rings. The van der Waals surface area contributed by atoms with Gasteiger partial charge in [0.2, 0.25) is 5.91 Å². The molecule has 4 rings (SSSR count). The van der Waals surface area contributed by atoms with E-state index in [4.69, 9.17) is 11.6 Å². The van der Waals surface area contributed by atoms with Crippen molar-refractivity contribution in [1.29, 1.82) is 0 Å². The zero-order chi connectivity index (χ0) is 21.4. The summed E-state index contributed by atoms with van der Waals surface area (Å²) in [6, 6.07) is 7.40. The lowest BCUT2D eigenvalue weighted by molar-refractivity contribution is -0.121. The number of hydrogen-bond acceptors (Lipinski definition) is 3. The van der Waals surface area contributed by atoms with Gasteiger partial charge >= 0.3 is 0 Å². The molecule has 1 atom stereocenters. The largest absolute Gasteiger partial charge is 0.322 e. The van der Waals surface area contributed by atoms with Crippen molar-refractivity contribution < 1.29 is 4.79 Å². The fourth-order valence-electron chi connectivity index (χ4n) is 4.36. The Kier molecular flexibility index (Phi) is 5.69. The minimum absolute atomic E-state index is 0.116. The second kappa shape index (κ2) is 8.26. The average Bonchev–Trinajstić information content (AvgIpc) is 3.22. The van der Waals surface area contributed by atoms with Crippen LogP contribution in [0.4, 0.5) is 5.69 Å². The Hall–Kier alpha value is -2.60. The van der Waals surface area contributed by atoms with Gasteiger partial charge in [0.15, 0.2) is 0 Å². The summed E-state index contributed by atoms with van der Waals surface area (Å²) in [7, 11) is 0. The molecule has 30 heavy (non-hydrogen) atoms. The standard InChI is InChI=1S/C23H28ClN5O/c1-15(2)22-21(13-25-29(22)19-10-8-18(24)9-11-19)27-12-6-5-7-20(23(27)30)28-14-16(3)26-17(28)4/h8-11,13-15,20H,5-7,12H2,1-4H3/t20-/m0/s1. The second-order valence-corrected chi connectivity index (χ2v) is 8.73. The second-order valence-electron chi connectivity index (χ2n) is 8.30. The highest BCUT2D eigenvalue weighted by Gasteiger charge is 2.33. The number of hydrogen-bond donors (Lipinski definition) is 0. The van der Waals surface area contributed by atoms with Crippen molar-refractivity contribution in [1.82, 2.24) is 19.3 Å². The van der Waals surface area contributed by atoms with Crippen LogP contribution in [-0.2, 0) is 4.79 Å². The molecule has 7 heteroatoms. The molecule has 0 aliphatic carbocycles. The van der Waals surface area contributed by atoms with Gasteiger partial charge in [0.05, 0.1) is 29.0 Å². The average molecular weight is 426 g/mol. The molecule has 2 aromatic heterocycles. The molecule has 0 spiro atoms. The molecule has 1 aromatic carbocycles. The molecule has 3 aromatic rings. The fourth-order valence-corrected chi connectivity index (χ4v) is 4.48. The first-order valence-corrected chi connectivity index (χ1v) is 10.9. The van der Waals surface area contributed by atoms with Crippen LogP contribution in [0.1, 0.15) is 62.3 Å². The number of aromatic nitrogens is 4. The summed E-state index contributed by atoms with van der Waals surface area (Å²) < 4.78 is 3.96. The van der Waals surface area contributed by atoms with Crippen LogP contribution < -0.4 is 4.90 Å². The number of carbonyl (C=O) groups excluding carboxylic acids is 1. The SMILES string of the molecule is Cc1cn([C@H]2CCCCN(c3cnn(-c4ccc(Cl)cc4)c3C(C)C)C2=O)c(C)n1. The molecule has 1 aliphatic rings. The van der Waals surface area contributed by atoms with Gasteiger partial charge in [-0.15, -0.1) is 0 Å². The molecule has 1 saturated heterocycles. The normalized spacial score (nSPS) is 17.6. The van der Waals surface area contributed by atoms with Gasteiger partial charge < -0.3 is 9.47 Å². The maximum absolute atomic E-state index is 13.7. The highest BCUT2D eigenvalue weighted by molar-refractivity contribution is 6.30. The van der Waals surface area contributed by atoms with Gasteiger partial charge in [-0.05, 0) is 63.3 Å². The van der Waals surface area contributed by atoms with E-state index < -0.39 is 0 Å². The first-order valence-electron chi connectivity index (χ1n) is 10.5. The molecule has 3 heterocycles. The molecule has 0 bridgehead atoms. The maximum Gasteiger partial charge on any atom is 0.250 e. The minimum Gasteiger partial charge on any atom is -0.322 e. The molecule has 1 amide bonds. The van der Waals surface area contributed by atoms with Crippen LogP contribution in [0.2, 0.25) is 5.02 Å². The van der Waals surface area contributed by atoms with Crippen LogP contribution in [0.15, 0.2) is 36.7 Å². The Balaban J connectivity index is 1.76. The minimum atomic E-state index is -0.229. The summed E-state index contributed by atoms with van der Waals surface area (Å²) in [6.07, 6.45) is 6.62. The van der Waals surface area contributed by atoms with Crippen molar-refractivity contribution in [3.63, 3.8) is 0 Å². The zero-order valence-corrected chi connectivity index (χ0v) is 18.7. The number of carbonyl (C=O) groups is 1. The van der Waals surface area contributed by atoms with Gasteiger partial charge in [-0.25, -0.2) is 9.67 Å². The first-order chi connectivity index (χ1) is 14.4. The van der Waals surface area contributed by atoms with E-state index in [2.05, 4.69) is 23.9 Å². The van der Waals surface area contributed by atoms with Crippen molar-refractivity contribution in [3.05, 3.63) is 58.9 Å². The monoisotopic (exact) mass is 425 g/mol. The van der Waals surface area contributed by atoms with Crippen LogP contribution in [0, 0.1) is 13.8 Å². The van der Waals surface area contributed by atoms with Crippen LogP contribution >= 0.6 is 11.6 Å². The van der Waals surface area contributed by atoms with Gasteiger partial charge in [0, 0.05) is 17.8 Å². The highest BCUT2D eigenvalue weighted by Crippen LogP contribution is 2.34. The molecule has 0 saturated carbocycles. The van der Waals surface area contributed by atoms with Crippen molar-refractivity contribution in [3.8, 4) is 5.69 Å².